The lowest BCUT2D eigenvalue weighted by Gasteiger charge is -2.16. The number of hydrogen-bond donors (Lipinski definition) is 0. The Morgan fingerprint density at radius 1 is 0.724 bits per heavy atom. The van der Waals surface area contributed by atoms with Gasteiger partial charge in [-0.15, -0.1) is 0 Å². The average Bonchev–Trinajstić information content (AvgIpc) is 3.27. The quantitative estimate of drug-likeness (QED) is 0.307. The summed E-state index contributed by atoms with van der Waals surface area (Å²) in [6.45, 7) is 2.37. The fourth-order valence-corrected chi connectivity index (χ4v) is 5.40. The van der Waals surface area contributed by atoms with Gasteiger partial charge in [0.05, 0.1) is 7.11 Å². The Kier molecular flexibility index (Phi) is 3.49. The molecule has 140 valence electrons. The molecule has 0 heterocycles. The van der Waals surface area contributed by atoms with Gasteiger partial charge >= 0.3 is 0 Å². The molecule has 0 unspecified atom stereocenters. The second-order valence-electron chi connectivity index (χ2n) is 8.14. The fourth-order valence-electron chi connectivity index (χ4n) is 5.40. The van der Waals surface area contributed by atoms with Crippen LogP contribution in [0.2, 0.25) is 0 Å². The lowest BCUT2D eigenvalue weighted by Crippen LogP contribution is -1.97. The molecule has 0 aromatic heterocycles. The van der Waals surface area contributed by atoms with Crippen LogP contribution in [0.25, 0.3) is 33.0 Å². The normalized spacial score (nSPS) is 16.7. The summed E-state index contributed by atoms with van der Waals surface area (Å²) in [5, 5.41) is 2.50. The van der Waals surface area contributed by atoms with Crippen molar-refractivity contribution in [1.82, 2.24) is 0 Å². The van der Waals surface area contributed by atoms with Gasteiger partial charge in [-0.3, -0.25) is 0 Å². The number of allylic oxidation sites excluding steroid dienone is 1. The Balaban J connectivity index is 1.77. The molecule has 0 amide bonds. The van der Waals surface area contributed by atoms with E-state index in [1.807, 2.05) is 0 Å². The predicted molar refractivity (Wildman–Crippen MR) is 121 cm³/mol. The van der Waals surface area contributed by atoms with Crippen LogP contribution in [-0.2, 0) is 6.42 Å². The first-order chi connectivity index (χ1) is 14.3. The Morgan fingerprint density at radius 2 is 1.28 bits per heavy atom. The zero-order valence-electron chi connectivity index (χ0n) is 16.7. The van der Waals surface area contributed by atoms with E-state index in [1.54, 1.807) is 7.11 Å². The molecule has 2 aliphatic carbocycles. The number of hydrogen-bond acceptors (Lipinski definition) is 1. The summed E-state index contributed by atoms with van der Waals surface area (Å²) in [6.07, 6.45) is 1.06. The van der Waals surface area contributed by atoms with E-state index in [4.69, 9.17) is 4.74 Å². The molecule has 0 bridgehead atoms. The SMILES string of the molecule is COc1cc2c(c3ccccc13)C(=C1c3ccccc3-c3ccccc31)[C@@H](C)C2. The monoisotopic (exact) mass is 374 g/mol. The van der Waals surface area contributed by atoms with E-state index in [-0.39, 0.29) is 0 Å². The molecular weight excluding hydrogens is 352 g/mol. The van der Waals surface area contributed by atoms with E-state index in [9.17, 15) is 0 Å². The lowest BCUT2D eigenvalue weighted by atomic mass is 9.88. The van der Waals surface area contributed by atoms with Crippen molar-refractivity contribution >= 4 is 21.9 Å². The molecule has 0 saturated heterocycles. The molecule has 4 aromatic rings. The van der Waals surface area contributed by atoms with E-state index in [2.05, 4.69) is 85.8 Å². The van der Waals surface area contributed by atoms with Gasteiger partial charge in [0.25, 0.3) is 0 Å². The molecule has 0 fully saturated rings. The van der Waals surface area contributed by atoms with Crippen molar-refractivity contribution in [3.8, 4) is 16.9 Å². The maximum Gasteiger partial charge on any atom is 0.126 e. The summed E-state index contributed by atoms with van der Waals surface area (Å²) in [4.78, 5) is 0. The fraction of sp³-hybridized carbons (Fsp3) is 0.143. The van der Waals surface area contributed by atoms with Gasteiger partial charge in [-0.2, -0.15) is 0 Å². The third kappa shape index (κ3) is 2.22. The minimum Gasteiger partial charge on any atom is -0.496 e. The maximum atomic E-state index is 5.75. The topological polar surface area (TPSA) is 9.23 Å². The zero-order valence-corrected chi connectivity index (χ0v) is 16.7. The van der Waals surface area contributed by atoms with Gasteiger partial charge in [-0.25, -0.2) is 0 Å². The minimum absolute atomic E-state index is 0.467. The minimum atomic E-state index is 0.467. The van der Waals surface area contributed by atoms with Crippen LogP contribution < -0.4 is 4.74 Å². The molecule has 6 rings (SSSR count). The predicted octanol–water partition coefficient (Wildman–Crippen LogP) is 6.98. The van der Waals surface area contributed by atoms with E-state index in [0.29, 0.717) is 5.92 Å². The van der Waals surface area contributed by atoms with Crippen molar-refractivity contribution in [3.05, 3.63) is 101 Å². The van der Waals surface area contributed by atoms with Crippen molar-refractivity contribution in [2.75, 3.05) is 7.11 Å². The van der Waals surface area contributed by atoms with Crippen LogP contribution >= 0.6 is 0 Å². The van der Waals surface area contributed by atoms with E-state index < -0.39 is 0 Å². The number of methoxy groups -OCH3 is 1. The Hall–Kier alpha value is -3.32. The Labute approximate surface area is 171 Å². The number of benzene rings is 4. The zero-order chi connectivity index (χ0) is 19.5. The van der Waals surface area contributed by atoms with Crippen LogP contribution in [0, 0.1) is 5.92 Å². The standard InChI is InChI=1S/C28H22O/c1-17-15-18-16-25(29-2)21-11-5-8-14-24(21)27(18)26(17)28-22-12-6-3-9-19(22)20-10-4-7-13-23(20)28/h3-14,16-17H,15H2,1-2H3/t17-/m0/s1. The van der Waals surface area contributed by atoms with Crippen LogP contribution in [-0.4, -0.2) is 7.11 Å². The first kappa shape index (κ1) is 16.6. The number of rotatable bonds is 1. The lowest BCUT2D eigenvalue weighted by molar-refractivity contribution is 0.419. The molecule has 4 aromatic carbocycles. The number of ether oxygens (including phenoxy) is 1. The molecule has 0 spiro atoms. The highest BCUT2D eigenvalue weighted by molar-refractivity contribution is 6.15. The van der Waals surface area contributed by atoms with E-state index >= 15 is 0 Å². The Morgan fingerprint density at radius 3 is 1.90 bits per heavy atom. The molecule has 0 aliphatic heterocycles. The van der Waals surface area contributed by atoms with Gasteiger partial charge in [0.1, 0.15) is 5.75 Å². The van der Waals surface area contributed by atoms with Gasteiger partial charge < -0.3 is 4.74 Å². The third-order valence-corrected chi connectivity index (χ3v) is 6.55. The summed E-state index contributed by atoms with van der Waals surface area (Å²) in [7, 11) is 1.77. The highest BCUT2D eigenvalue weighted by Crippen LogP contribution is 2.53. The first-order valence-electron chi connectivity index (χ1n) is 10.3. The highest BCUT2D eigenvalue weighted by atomic mass is 16.5. The molecule has 1 heteroatoms. The van der Waals surface area contributed by atoms with Crippen LogP contribution in [0.1, 0.15) is 29.2 Å². The molecule has 0 saturated carbocycles. The van der Waals surface area contributed by atoms with Crippen molar-refractivity contribution in [2.24, 2.45) is 5.92 Å². The molecule has 2 aliphatic rings. The molecular formula is C28H22O. The van der Waals surface area contributed by atoms with Crippen LogP contribution in [0.3, 0.4) is 0 Å². The molecule has 0 radical (unpaired) electrons. The van der Waals surface area contributed by atoms with Crippen LogP contribution in [0.15, 0.2) is 78.9 Å². The summed E-state index contributed by atoms with van der Waals surface area (Å²) in [6, 6.07) is 28.6. The second kappa shape index (κ2) is 6.09. The molecule has 1 atom stereocenters. The van der Waals surface area contributed by atoms with Crippen molar-refractivity contribution in [1.29, 1.82) is 0 Å². The smallest absolute Gasteiger partial charge is 0.126 e. The van der Waals surface area contributed by atoms with Crippen molar-refractivity contribution in [2.45, 2.75) is 13.3 Å². The van der Waals surface area contributed by atoms with Gasteiger partial charge in [0.2, 0.25) is 0 Å². The summed E-state index contributed by atoms with van der Waals surface area (Å²) in [5.74, 6) is 1.44. The summed E-state index contributed by atoms with van der Waals surface area (Å²) >= 11 is 0. The largest absolute Gasteiger partial charge is 0.496 e. The van der Waals surface area contributed by atoms with Crippen LogP contribution in [0.5, 0.6) is 5.75 Å². The molecule has 29 heavy (non-hydrogen) atoms. The van der Waals surface area contributed by atoms with E-state index in [0.717, 1.165) is 12.2 Å². The second-order valence-corrected chi connectivity index (χ2v) is 8.14. The van der Waals surface area contributed by atoms with Crippen molar-refractivity contribution in [3.63, 3.8) is 0 Å². The molecule has 1 nitrogen and oxygen atoms in total. The third-order valence-electron chi connectivity index (χ3n) is 6.55. The molecule has 0 N–H and O–H groups in total. The Bertz CT molecular complexity index is 1280. The van der Waals surface area contributed by atoms with Crippen LogP contribution in [0.4, 0.5) is 0 Å². The highest BCUT2D eigenvalue weighted by Gasteiger charge is 2.34. The van der Waals surface area contributed by atoms with Gasteiger partial charge in [0.15, 0.2) is 0 Å². The summed E-state index contributed by atoms with van der Waals surface area (Å²) < 4.78 is 5.75. The van der Waals surface area contributed by atoms with Gasteiger partial charge in [-0.05, 0) is 68.3 Å². The van der Waals surface area contributed by atoms with Gasteiger partial charge in [0, 0.05) is 5.39 Å². The average molecular weight is 374 g/mol. The van der Waals surface area contributed by atoms with Gasteiger partial charge in [-0.1, -0.05) is 79.7 Å². The number of fused-ring (bicyclic) bond motifs is 6. The first-order valence-corrected chi connectivity index (χ1v) is 10.3. The van der Waals surface area contributed by atoms with Crippen molar-refractivity contribution < 1.29 is 4.74 Å². The van der Waals surface area contributed by atoms with E-state index in [1.165, 1.54) is 55.3 Å². The maximum absolute atomic E-state index is 5.75. The summed E-state index contributed by atoms with van der Waals surface area (Å²) in [5.41, 5.74) is 11.1.